The van der Waals surface area contributed by atoms with E-state index in [2.05, 4.69) is 6.58 Å². The molecule has 0 heterocycles. The van der Waals surface area contributed by atoms with Crippen molar-refractivity contribution in [2.75, 3.05) is 0 Å². The lowest BCUT2D eigenvalue weighted by atomic mass is 10.0. The van der Waals surface area contributed by atoms with Crippen molar-refractivity contribution in [2.24, 2.45) is 5.73 Å². The number of nitrogens with two attached hydrogens (primary N) is 1. The van der Waals surface area contributed by atoms with Crippen molar-refractivity contribution >= 4 is 12.4 Å². The molecular formula is C11H14ClF2N. The fourth-order valence-corrected chi connectivity index (χ4v) is 1.25. The van der Waals surface area contributed by atoms with E-state index in [1.54, 1.807) is 6.08 Å². The van der Waals surface area contributed by atoms with Crippen molar-refractivity contribution in [2.45, 2.75) is 19.4 Å². The van der Waals surface area contributed by atoms with E-state index in [0.717, 1.165) is 0 Å². The van der Waals surface area contributed by atoms with Gasteiger partial charge in [0.2, 0.25) is 0 Å². The number of hydrogen-bond acceptors (Lipinski definition) is 1. The molecule has 4 heteroatoms. The van der Waals surface area contributed by atoms with Gasteiger partial charge in [0.1, 0.15) is 0 Å². The summed E-state index contributed by atoms with van der Waals surface area (Å²) in [5, 5.41) is 0. The van der Waals surface area contributed by atoms with Crippen molar-refractivity contribution in [3.8, 4) is 0 Å². The van der Waals surface area contributed by atoms with E-state index in [-0.39, 0.29) is 23.5 Å². The Morgan fingerprint density at radius 2 is 2.00 bits per heavy atom. The first-order chi connectivity index (χ1) is 6.57. The van der Waals surface area contributed by atoms with Gasteiger partial charge < -0.3 is 5.73 Å². The van der Waals surface area contributed by atoms with Gasteiger partial charge in [-0.25, -0.2) is 8.78 Å². The van der Waals surface area contributed by atoms with Gasteiger partial charge >= 0.3 is 0 Å². The van der Waals surface area contributed by atoms with Crippen LogP contribution in [-0.2, 0) is 0 Å². The third-order valence-electron chi connectivity index (χ3n) is 2.13. The van der Waals surface area contributed by atoms with Crippen molar-refractivity contribution in [3.63, 3.8) is 0 Å². The molecule has 0 radical (unpaired) electrons. The summed E-state index contributed by atoms with van der Waals surface area (Å²) in [5.41, 5.74) is 6.14. The number of rotatable bonds is 3. The Labute approximate surface area is 94.4 Å². The van der Waals surface area contributed by atoms with Gasteiger partial charge in [-0.3, -0.25) is 0 Å². The second-order valence-electron chi connectivity index (χ2n) is 3.23. The Balaban J connectivity index is 0.00000196. The van der Waals surface area contributed by atoms with E-state index in [1.807, 2.05) is 0 Å². The van der Waals surface area contributed by atoms with Crippen LogP contribution in [-0.4, -0.2) is 0 Å². The molecule has 2 N–H and O–H groups in total. The highest BCUT2D eigenvalue weighted by Gasteiger charge is 2.15. The fourth-order valence-electron chi connectivity index (χ4n) is 1.25. The van der Waals surface area contributed by atoms with Gasteiger partial charge in [-0.1, -0.05) is 18.2 Å². The average Bonchev–Trinajstić information content (AvgIpc) is 2.15. The van der Waals surface area contributed by atoms with Gasteiger partial charge in [0.25, 0.3) is 0 Å². The van der Waals surface area contributed by atoms with Crippen LogP contribution in [0.5, 0.6) is 0 Å². The van der Waals surface area contributed by atoms with Gasteiger partial charge in [0.15, 0.2) is 11.6 Å². The Morgan fingerprint density at radius 1 is 1.40 bits per heavy atom. The second kappa shape index (κ2) is 5.83. The molecule has 0 spiro atoms. The summed E-state index contributed by atoms with van der Waals surface area (Å²) in [4.78, 5) is 0. The van der Waals surface area contributed by atoms with Crippen LogP contribution in [0.4, 0.5) is 8.78 Å². The zero-order chi connectivity index (χ0) is 10.7. The van der Waals surface area contributed by atoms with Crippen LogP contribution in [0.1, 0.15) is 23.6 Å². The zero-order valence-electron chi connectivity index (χ0n) is 8.47. The van der Waals surface area contributed by atoms with E-state index >= 15 is 0 Å². The summed E-state index contributed by atoms with van der Waals surface area (Å²) >= 11 is 0. The zero-order valence-corrected chi connectivity index (χ0v) is 9.28. The van der Waals surface area contributed by atoms with Gasteiger partial charge in [-0.2, -0.15) is 0 Å². The first-order valence-corrected chi connectivity index (χ1v) is 4.39. The largest absolute Gasteiger partial charge is 0.324 e. The highest BCUT2D eigenvalue weighted by atomic mass is 35.5. The molecule has 0 bridgehead atoms. The van der Waals surface area contributed by atoms with Crippen LogP contribution in [0, 0.1) is 18.6 Å². The minimum Gasteiger partial charge on any atom is -0.324 e. The van der Waals surface area contributed by atoms with E-state index in [1.165, 1.54) is 19.1 Å². The predicted molar refractivity (Wildman–Crippen MR) is 60.1 cm³/mol. The lowest BCUT2D eigenvalue weighted by Gasteiger charge is -2.11. The summed E-state index contributed by atoms with van der Waals surface area (Å²) in [6.07, 6.45) is 2.02. The molecule has 0 aliphatic heterocycles. The van der Waals surface area contributed by atoms with Crippen molar-refractivity contribution in [1.29, 1.82) is 0 Å². The summed E-state index contributed by atoms with van der Waals surface area (Å²) in [6, 6.07) is 2.51. The highest BCUT2D eigenvalue weighted by molar-refractivity contribution is 5.85. The van der Waals surface area contributed by atoms with E-state index in [9.17, 15) is 8.78 Å². The summed E-state index contributed by atoms with van der Waals surface area (Å²) in [6.45, 7) is 5.01. The Morgan fingerprint density at radius 3 is 2.53 bits per heavy atom. The molecule has 0 aromatic heterocycles. The quantitative estimate of drug-likeness (QED) is 0.797. The van der Waals surface area contributed by atoms with Gasteiger partial charge in [-0.05, 0) is 18.9 Å². The second-order valence-corrected chi connectivity index (χ2v) is 3.23. The standard InChI is InChI=1S/C11H13F2N.ClH/c1-3-4-9(14)8-6-5-7(2)10(12)11(8)13;/h3,5-6,9H,1,4,14H2,2H3;1H/t9-;/m1./s1. The molecule has 0 saturated carbocycles. The molecule has 1 rings (SSSR count). The van der Waals surface area contributed by atoms with Crippen LogP contribution < -0.4 is 5.73 Å². The lowest BCUT2D eigenvalue weighted by Crippen LogP contribution is -2.12. The lowest BCUT2D eigenvalue weighted by molar-refractivity contribution is 0.484. The Bertz CT molecular complexity index is 353. The van der Waals surface area contributed by atoms with Crippen LogP contribution in [0.3, 0.4) is 0 Å². The number of halogens is 3. The molecule has 0 amide bonds. The topological polar surface area (TPSA) is 26.0 Å². The molecule has 0 aliphatic rings. The first kappa shape index (κ1) is 14.1. The normalized spacial score (nSPS) is 11.7. The minimum absolute atomic E-state index is 0. The van der Waals surface area contributed by atoms with Crippen molar-refractivity contribution in [3.05, 3.63) is 47.5 Å². The first-order valence-electron chi connectivity index (χ1n) is 4.39. The van der Waals surface area contributed by atoms with E-state index in [0.29, 0.717) is 6.42 Å². The molecule has 1 nitrogen and oxygen atoms in total. The van der Waals surface area contributed by atoms with E-state index < -0.39 is 17.7 Å². The van der Waals surface area contributed by atoms with Gasteiger partial charge in [0, 0.05) is 11.6 Å². The van der Waals surface area contributed by atoms with Gasteiger partial charge in [0.05, 0.1) is 0 Å². The fraction of sp³-hybridized carbons (Fsp3) is 0.273. The molecule has 84 valence electrons. The maximum Gasteiger partial charge on any atom is 0.163 e. The molecule has 1 aromatic rings. The molecule has 1 atom stereocenters. The summed E-state index contributed by atoms with van der Waals surface area (Å²) < 4.78 is 26.5. The maximum atomic E-state index is 13.3. The van der Waals surface area contributed by atoms with Gasteiger partial charge in [-0.15, -0.1) is 19.0 Å². The highest BCUT2D eigenvalue weighted by Crippen LogP contribution is 2.22. The van der Waals surface area contributed by atoms with Crippen LogP contribution in [0.25, 0.3) is 0 Å². The summed E-state index contributed by atoms with van der Waals surface area (Å²) in [5.74, 6) is -1.67. The molecule has 15 heavy (non-hydrogen) atoms. The Hall–Kier alpha value is -0.930. The monoisotopic (exact) mass is 233 g/mol. The third kappa shape index (κ3) is 3.01. The number of aryl methyl sites for hydroxylation is 1. The average molecular weight is 234 g/mol. The predicted octanol–water partition coefficient (Wildman–Crippen LogP) is 3.27. The van der Waals surface area contributed by atoms with Crippen molar-refractivity contribution < 1.29 is 8.78 Å². The smallest absolute Gasteiger partial charge is 0.163 e. The van der Waals surface area contributed by atoms with Crippen LogP contribution in [0.15, 0.2) is 24.8 Å². The number of hydrogen-bond donors (Lipinski definition) is 1. The molecule has 0 unspecified atom stereocenters. The van der Waals surface area contributed by atoms with Crippen LogP contribution in [0.2, 0.25) is 0 Å². The van der Waals surface area contributed by atoms with E-state index in [4.69, 9.17) is 5.73 Å². The minimum atomic E-state index is -0.848. The number of benzene rings is 1. The molecule has 0 aliphatic carbocycles. The molecule has 0 saturated heterocycles. The van der Waals surface area contributed by atoms with Crippen LogP contribution >= 0.6 is 12.4 Å². The molecule has 0 fully saturated rings. The molecular weight excluding hydrogens is 220 g/mol. The summed E-state index contributed by atoms with van der Waals surface area (Å²) in [7, 11) is 0. The third-order valence-corrected chi connectivity index (χ3v) is 2.13. The maximum absolute atomic E-state index is 13.3. The Kier molecular flexibility index (Phi) is 5.47. The molecule has 1 aromatic carbocycles. The SMILES string of the molecule is C=CC[C@@H](N)c1ccc(C)c(F)c1F.Cl. The van der Waals surface area contributed by atoms with Crippen molar-refractivity contribution in [1.82, 2.24) is 0 Å².